The third-order valence-corrected chi connectivity index (χ3v) is 4.91. The van der Waals surface area contributed by atoms with E-state index in [0.29, 0.717) is 5.56 Å². The molecular weight excluding hydrogens is 296 g/mol. The highest BCUT2D eigenvalue weighted by molar-refractivity contribution is 5.91. The van der Waals surface area contributed by atoms with Gasteiger partial charge in [0.05, 0.1) is 17.3 Å². The lowest BCUT2D eigenvalue weighted by molar-refractivity contribution is 0.726. The highest BCUT2D eigenvalue weighted by atomic mass is 15.2. The maximum Gasteiger partial charge on any atom is 0.139 e. The number of hydrogen-bond donors (Lipinski definition) is 0. The molecule has 1 saturated heterocycles. The normalized spacial score (nSPS) is 17.0. The maximum atomic E-state index is 8.95. The fourth-order valence-electron chi connectivity index (χ4n) is 3.59. The summed E-state index contributed by atoms with van der Waals surface area (Å²) >= 11 is 0. The van der Waals surface area contributed by atoms with Gasteiger partial charge in [0.1, 0.15) is 12.1 Å². The van der Waals surface area contributed by atoms with Gasteiger partial charge in [-0.05, 0) is 42.2 Å². The number of anilines is 1. The van der Waals surface area contributed by atoms with Crippen molar-refractivity contribution in [2.75, 3.05) is 18.0 Å². The lowest BCUT2D eigenvalue weighted by atomic mass is 10.0. The molecule has 2 aromatic rings. The number of nitriles is 1. The van der Waals surface area contributed by atoms with Crippen LogP contribution in [0.5, 0.6) is 0 Å². The maximum absolute atomic E-state index is 8.95. The molecule has 0 N–H and O–H groups in total. The second-order valence-electron chi connectivity index (χ2n) is 6.49. The van der Waals surface area contributed by atoms with Crippen molar-refractivity contribution in [1.29, 1.82) is 5.26 Å². The predicted octanol–water partition coefficient (Wildman–Crippen LogP) is 3.83. The molecule has 0 amide bonds. The Morgan fingerprint density at radius 2 is 1.71 bits per heavy atom. The molecule has 0 bridgehead atoms. The zero-order valence-electron chi connectivity index (χ0n) is 13.7. The molecule has 120 valence electrons. The molecule has 0 radical (unpaired) electrons. The highest BCUT2D eigenvalue weighted by Crippen LogP contribution is 2.35. The third kappa shape index (κ3) is 2.78. The van der Waals surface area contributed by atoms with Crippen molar-refractivity contribution in [3.8, 4) is 6.07 Å². The quantitative estimate of drug-likeness (QED) is 0.845. The van der Waals surface area contributed by atoms with E-state index < -0.39 is 0 Å². The summed E-state index contributed by atoms with van der Waals surface area (Å²) < 4.78 is 0. The molecule has 1 aliphatic carbocycles. The fraction of sp³-hybridized carbons (Fsp3) is 0.350. The van der Waals surface area contributed by atoms with Crippen molar-refractivity contribution in [2.45, 2.75) is 32.1 Å². The van der Waals surface area contributed by atoms with E-state index in [9.17, 15) is 0 Å². The minimum atomic E-state index is 0.694. The summed E-state index contributed by atoms with van der Waals surface area (Å²) in [4.78, 5) is 11.5. The Labute approximate surface area is 142 Å². The summed E-state index contributed by atoms with van der Waals surface area (Å²) in [7, 11) is 0. The van der Waals surface area contributed by atoms with Crippen LogP contribution in [0.4, 0.5) is 5.82 Å². The second kappa shape index (κ2) is 6.45. The molecular formula is C20H20N4. The fourth-order valence-corrected chi connectivity index (χ4v) is 3.59. The molecule has 0 unspecified atom stereocenters. The topological polar surface area (TPSA) is 52.8 Å². The average molecular weight is 316 g/mol. The summed E-state index contributed by atoms with van der Waals surface area (Å²) in [6, 6.07) is 9.97. The van der Waals surface area contributed by atoms with E-state index in [4.69, 9.17) is 5.26 Å². The Morgan fingerprint density at radius 3 is 2.42 bits per heavy atom. The molecule has 0 saturated carbocycles. The van der Waals surface area contributed by atoms with Gasteiger partial charge >= 0.3 is 0 Å². The van der Waals surface area contributed by atoms with Crippen LogP contribution in [0.2, 0.25) is 0 Å². The van der Waals surface area contributed by atoms with Gasteiger partial charge in [0.2, 0.25) is 0 Å². The Hall–Kier alpha value is -2.67. The summed E-state index contributed by atoms with van der Waals surface area (Å²) in [5.74, 6) is 1.09. The SMILES string of the molecule is N#Cc1ccc(C2=Cc3c(ncnc3N3CCCCCC3)C2)cc1. The molecule has 2 heterocycles. The molecule has 4 nitrogen and oxygen atoms in total. The van der Waals surface area contributed by atoms with Crippen molar-refractivity contribution in [1.82, 2.24) is 9.97 Å². The van der Waals surface area contributed by atoms with E-state index in [1.54, 1.807) is 6.33 Å². The van der Waals surface area contributed by atoms with E-state index in [0.717, 1.165) is 36.6 Å². The zero-order valence-corrected chi connectivity index (χ0v) is 13.7. The average Bonchev–Trinajstić information content (AvgIpc) is 2.89. The number of aromatic nitrogens is 2. The third-order valence-electron chi connectivity index (χ3n) is 4.91. The predicted molar refractivity (Wildman–Crippen MR) is 95.4 cm³/mol. The summed E-state index contributed by atoms with van der Waals surface area (Å²) in [5, 5.41) is 8.95. The molecule has 1 aliphatic heterocycles. The van der Waals surface area contributed by atoms with Crippen molar-refractivity contribution in [3.05, 3.63) is 53.0 Å². The molecule has 2 aliphatic rings. The summed E-state index contributed by atoms with van der Waals surface area (Å²) in [6.45, 7) is 2.17. The molecule has 1 fully saturated rings. The van der Waals surface area contributed by atoms with E-state index in [-0.39, 0.29) is 0 Å². The van der Waals surface area contributed by atoms with Crippen LogP contribution in [-0.4, -0.2) is 23.1 Å². The van der Waals surface area contributed by atoms with Crippen LogP contribution in [0.1, 0.15) is 48.1 Å². The van der Waals surface area contributed by atoms with Crippen LogP contribution in [0.15, 0.2) is 30.6 Å². The number of benzene rings is 1. The molecule has 0 spiro atoms. The smallest absolute Gasteiger partial charge is 0.139 e. The van der Waals surface area contributed by atoms with E-state index in [1.165, 1.54) is 36.8 Å². The van der Waals surface area contributed by atoms with Crippen molar-refractivity contribution in [3.63, 3.8) is 0 Å². The first-order valence-electron chi connectivity index (χ1n) is 8.65. The van der Waals surface area contributed by atoms with Crippen molar-refractivity contribution >= 4 is 17.5 Å². The van der Waals surface area contributed by atoms with E-state index in [1.807, 2.05) is 24.3 Å². The van der Waals surface area contributed by atoms with Crippen molar-refractivity contribution in [2.24, 2.45) is 0 Å². The van der Waals surface area contributed by atoms with Crippen LogP contribution < -0.4 is 4.90 Å². The molecule has 1 aromatic carbocycles. The van der Waals surface area contributed by atoms with Gasteiger partial charge in [-0.1, -0.05) is 25.0 Å². The first-order chi connectivity index (χ1) is 11.8. The van der Waals surface area contributed by atoms with Crippen LogP contribution in [0, 0.1) is 11.3 Å². The van der Waals surface area contributed by atoms with Gasteiger partial charge < -0.3 is 4.90 Å². The lowest BCUT2D eigenvalue weighted by Gasteiger charge is -2.23. The largest absolute Gasteiger partial charge is 0.356 e. The standard InChI is InChI=1S/C20H20N4/c21-13-15-5-7-16(8-6-15)17-11-18-19(12-17)22-14-23-20(18)24-9-3-1-2-4-10-24/h5-8,11,14H,1-4,9-10,12H2. The van der Waals surface area contributed by atoms with Gasteiger partial charge in [-0.15, -0.1) is 0 Å². The Morgan fingerprint density at radius 1 is 0.958 bits per heavy atom. The Bertz CT molecular complexity index is 807. The number of fused-ring (bicyclic) bond motifs is 1. The number of allylic oxidation sites excluding steroid dienone is 1. The van der Waals surface area contributed by atoms with Gasteiger partial charge in [0, 0.05) is 25.1 Å². The second-order valence-corrected chi connectivity index (χ2v) is 6.49. The first kappa shape index (κ1) is 14.9. The highest BCUT2D eigenvalue weighted by Gasteiger charge is 2.22. The van der Waals surface area contributed by atoms with Gasteiger partial charge in [0.25, 0.3) is 0 Å². The van der Waals surface area contributed by atoms with Gasteiger partial charge in [-0.2, -0.15) is 5.26 Å². The number of hydrogen-bond acceptors (Lipinski definition) is 4. The van der Waals surface area contributed by atoms with Gasteiger partial charge in [-0.3, -0.25) is 0 Å². The zero-order chi connectivity index (χ0) is 16.4. The van der Waals surface area contributed by atoms with Crippen LogP contribution in [0.25, 0.3) is 11.6 Å². The molecule has 0 atom stereocenters. The first-order valence-corrected chi connectivity index (χ1v) is 8.65. The minimum Gasteiger partial charge on any atom is -0.356 e. The summed E-state index contributed by atoms with van der Waals surface area (Å²) in [6.07, 6.45) is 9.89. The van der Waals surface area contributed by atoms with E-state index in [2.05, 4.69) is 27.0 Å². The Kier molecular flexibility index (Phi) is 4.00. The van der Waals surface area contributed by atoms with Crippen LogP contribution in [0.3, 0.4) is 0 Å². The van der Waals surface area contributed by atoms with Crippen LogP contribution >= 0.6 is 0 Å². The number of rotatable bonds is 2. The minimum absolute atomic E-state index is 0.694. The molecule has 1 aromatic heterocycles. The molecule has 24 heavy (non-hydrogen) atoms. The molecule has 4 rings (SSSR count). The lowest BCUT2D eigenvalue weighted by Crippen LogP contribution is -2.26. The van der Waals surface area contributed by atoms with Gasteiger partial charge in [-0.25, -0.2) is 9.97 Å². The van der Waals surface area contributed by atoms with Gasteiger partial charge in [0.15, 0.2) is 0 Å². The van der Waals surface area contributed by atoms with Crippen LogP contribution in [-0.2, 0) is 6.42 Å². The monoisotopic (exact) mass is 316 g/mol. The van der Waals surface area contributed by atoms with Crippen molar-refractivity contribution < 1.29 is 0 Å². The van der Waals surface area contributed by atoms with E-state index >= 15 is 0 Å². The number of nitrogens with zero attached hydrogens (tertiary/aromatic N) is 4. The summed E-state index contributed by atoms with van der Waals surface area (Å²) in [5.41, 5.74) is 5.40. The molecule has 4 heteroatoms. The Balaban J connectivity index is 1.67.